The summed E-state index contributed by atoms with van der Waals surface area (Å²) in [6.45, 7) is 1.89. The molecule has 0 spiro atoms. The third-order valence-electron chi connectivity index (χ3n) is 5.49. The van der Waals surface area contributed by atoms with Crippen molar-refractivity contribution in [3.63, 3.8) is 0 Å². The Morgan fingerprint density at radius 3 is 2.50 bits per heavy atom. The van der Waals surface area contributed by atoms with Crippen LogP contribution in [0.25, 0.3) is 0 Å². The largest absolute Gasteiger partial charge is 0.332 e. The standard InChI is InChI=1S/C20H20Cl3N3O2/c21-20(22,23)19(24-18(28)14-5-2-1-3-6-14)25-10-13-9-15(12-25)16-7-4-8-17(27)26(16)11-13/h1-8,13,15,19H,9-12H2,(H,24,28)/t13-,15+,19?/m0/s1. The van der Waals surface area contributed by atoms with Crippen LogP contribution in [0.4, 0.5) is 0 Å². The number of piperidine rings is 1. The Bertz CT molecular complexity index is 926. The normalized spacial score (nSPS) is 23.0. The molecule has 2 aliphatic rings. The average Bonchev–Trinajstić information content (AvgIpc) is 2.66. The highest BCUT2D eigenvalue weighted by atomic mass is 35.6. The SMILES string of the molecule is O=C(NC(N1C[C@@H]2C[C@H](C1)c1cccc(=O)n1C2)C(Cl)(Cl)Cl)c1ccccc1. The molecule has 1 amide bonds. The smallest absolute Gasteiger partial charge is 0.252 e. The molecule has 0 saturated carbocycles. The molecule has 4 rings (SSSR count). The van der Waals surface area contributed by atoms with E-state index in [0.29, 0.717) is 25.2 Å². The van der Waals surface area contributed by atoms with Gasteiger partial charge in [0, 0.05) is 42.9 Å². The summed E-state index contributed by atoms with van der Waals surface area (Å²) in [6, 6.07) is 14.2. The number of benzene rings is 1. The summed E-state index contributed by atoms with van der Waals surface area (Å²) in [5.41, 5.74) is 1.54. The summed E-state index contributed by atoms with van der Waals surface area (Å²) in [6.07, 6.45) is 0.219. The monoisotopic (exact) mass is 439 g/mol. The molecule has 148 valence electrons. The zero-order chi connectivity index (χ0) is 19.9. The molecule has 3 heterocycles. The first-order valence-electron chi connectivity index (χ1n) is 9.19. The van der Waals surface area contributed by atoms with Crippen LogP contribution in [-0.4, -0.2) is 38.4 Å². The molecule has 8 heteroatoms. The minimum atomic E-state index is -1.69. The summed E-state index contributed by atoms with van der Waals surface area (Å²) in [5, 5.41) is 2.89. The summed E-state index contributed by atoms with van der Waals surface area (Å²) < 4.78 is 0.162. The van der Waals surface area contributed by atoms with E-state index in [0.717, 1.165) is 12.1 Å². The van der Waals surface area contributed by atoms with Gasteiger partial charge in [0.1, 0.15) is 6.17 Å². The van der Waals surface area contributed by atoms with Crippen LogP contribution in [-0.2, 0) is 6.54 Å². The predicted molar refractivity (Wildman–Crippen MR) is 111 cm³/mol. The highest BCUT2D eigenvalue weighted by Crippen LogP contribution is 2.39. The Balaban J connectivity index is 1.59. The number of nitrogens with zero attached hydrogens (tertiary/aromatic N) is 2. The Labute approximate surface area is 178 Å². The maximum absolute atomic E-state index is 12.7. The maximum Gasteiger partial charge on any atom is 0.252 e. The second-order valence-electron chi connectivity index (χ2n) is 7.44. The number of fused-ring (bicyclic) bond motifs is 4. The summed E-state index contributed by atoms with van der Waals surface area (Å²) in [7, 11) is 0. The predicted octanol–water partition coefficient (Wildman–Crippen LogP) is 3.39. The molecule has 2 aliphatic heterocycles. The van der Waals surface area contributed by atoms with Crippen molar-refractivity contribution in [3.05, 3.63) is 70.1 Å². The van der Waals surface area contributed by atoms with Gasteiger partial charge in [0.2, 0.25) is 3.79 Å². The number of pyridine rings is 1. The number of aromatic nitrogens is 1. The van der Waals surface area contributed by atoms with Crippen LogP contribution in [0.15, 0.2) is 53.3 Å². The summed E-state index contributed by atoms with van der Waals surface area (Å²) in [5.74, 6) is 0.129. The molecule has 0 aliphatic carbocycles. The number of halogens is 3. The number of carbonyl (C=O) groups is 1. The first-order valence-corrected chi connectivity index (χ1v) is 10.3. The van der Waals surface area contributed by atoms with Crippen molar-refractivity contribution in [1.29, 1.82) is 0 Å². The van der Waals surface area contributed by atoms with E-state index in [4.69, 9.17) is 34.8 Å². The van der Waals surface area contributed by atoms with Crippen molar-refractivity contribution < 1.29 is 4.79 Å². The molecule has 1 fully saturated rings. The van der Waals surface area contributed by atoms with Gasteiger partial charge in [0.05, 0.1) is 0 Å². The molecule has 1 aromatic heterocycles. The van der Waals surface area contributed by atoms with Gasteiger partial charge >= 0.3 is 0 Å². The van der Waals surface area contributed by atoms with E-state index in [1.807, 2.05) is 21.6 Å². The molecule has 1 N–H and O–H groups in total. The van der Waals surface area contributed by atoms with Gasteiger partial charge in [0.15, 0.2) is 0 Å². The van der Waals surface area contributed by atoms with Gasteiger partial charge in [-0.05, 0) is 30.5 Å². The van der Waals surface area contributed by atoms with E-state index in [-0.39, 0.29) is 23.3 Å². The minimum Gasteiger partial charge on any atom is -0.332 e. The molecule has 5 nitrogen and oxygen atoms in total. The maximum atomic E-state index is 12.7. The van der Waals surface area contributed by atoms with Gasteiger partial charge in [-0.15, -0.1) is 0 Å². The van der Waals surface area contributed by atoms with Crippen LogP contribution in [0.3, 0.4) is 0 Å². The number of alkyl halides is 3. The van der Waals surface area contributed by atoms with E-state index in [2.05, 4.69) is 5.32 Å². The number of likely N-dealkylation sites (tertiary alicyclic amines) is 1. The van der Waals surface area contributed by atoms with E-state index >= 15 is 0 Å². The molecule has 1 saturated heterocycles. The van der Waals surface area contributed by atoms with Crippen molar-refractivity contribution in [2.45, 2.75) is 28.8 Å². The lowest BCUT2D eigenvalue weighted by Gasteiger charge is -2.47. The van der Waals surface area contributed by atoms with Crippen molar-refractivity contribution in [2.24, 2.45) is 5.92 Å². The fourth-order valence-corrected chi connectivity index (χ4v) is 4.90. The van der Waals surface area contributed by atoms with E-state index in [1.54, 1.807) is 36.4 Å². The van der Waals surface area contributed by atoms with Gasteiger partial charge in [-0.1, -0.05) is 59.1 Å². The Morgan fingerprint density at radius 1 is 1.04 bits per heavy atom. The van der Waals surface area contributed by atoms with Crippen molar-refractivity contribution in [2.75, 3.05) is 13.1 Å². The summed E-state index contributed by atoms with van der Waals surface area (Å²) >= 11 is 18.8. The number of nitrogens with one attached hydrogen (secondary N) is 1. The minimum absolute atomic E-state index is 0.0240. The molecular formula is C20H20Cl3N3O2. The van der Waals surface area contributed by atoms with Gasteiger partial charge in [0.25, 0.3) is 11.5 Å². The van der Waals surface area contributed by atoms with E-state index < -0.39 is 9.96 Å². The lowest BCUT2D eigenvalue weighted by molar-refractivity contribution is 0.0586. The van der Waals surface area contributed by atoms with Crippen LogP contribution in [0.1, 0.15) is 28.4 Å². The molecule has 2 bridgehead atoms. The van der Waals surface area contributed by atoms with Gasteiger partial charge in [-0.3, -0.25) is 14.5 Å². The first kappa shape index (κ1) is 19.8. The second kappa shape index (κ2) is 7.71. The third kappa shape index (κ3) is 3.94. The Morgan fingerprint density at radius 2 is 1.79 bits per heavy atom. The number of rotatable bonds is 3. The number of carbonyl (C=O) groups excluding carboxylic acids is 1. The zero-order valence-corrected chi connectivity index (χ0v) is 17.3. The van der Waals surface area contributed by atoms with Gasteiger partial charge in [-0.25, -0.2) is 0 Å². The molecular weight excluding hydrogens is 421 g/mol. The van der Waals surface area contributed by atoms with Crippen LogP contribution in [0.5, 0.6) is 0 Å². The highest BCUT2D eigenvalue weighted by molar-refractivity contribution is 6.68. The van der Waals surface area contributed by atoms with Crippen LogP contribution < -0.4 is 10.9 Å². The Kier molecular flexibility index (Phi) is 5.45. The van der Waals surface area contributed by atoms with Crippen LogP contribution in [0.2, 0.25) is 0 Å². The quantitative estimate of drug-likeness (QED) is 0.744. The van der Waals surface area contributed by atoms with Crippen molar-refractivity contribution >= 4 is 40.7 Å². The molecule has 1 aromatic carbocycles. The van der Waals surface area contributed by atoms with Crippen molar-refractivity contribution in [1.82, 2.24) is 14.8 Å². The van der Waals surface area contributed by atoms with Crippen LogP contribution >= 0.6 is 34.8 Å². The molecule has 28 heavy (non-hydrogen) atoms. The zero-order valence-electron chi connectivity index (χ0n) is 15.0. The summed E-state index contributed by atoms with van der Waals surface area (Å²) in [4.78, 5) is 26.9. The fraction of sp³-hybridized carbons (Fsp3) is 0.400. The Hall–Kier alpha value is -1.53. The first-order chi connectivity index (χ1) is 13.3. The topological polar surface area (TPSA) is 54.3 Å². The van der Waals surface area contributed by atoms with Gasteiger partial charge in [-0.2, -0.15) is 0 Å². The number of amides is 1. The lowest BCUT2D eigenvalue weighted by Crippen LogP contribution is -2.60. The molecule has 3 atom stereocenters. The molecule has 1 unspecified atom stereocenters. The van der Waals surface area contributed by atoms with E-state index in [1.165, 1.54) is 0 Å². The van der Waals surface area contributed by atoms with E-state index in [9.17, 15) is 9.59 Å². The fourth-order valence-electron chi connectivity index (χ4n) is 4.32. The third-order valence-corrected chi connectivity index (χ3v) is 6.11. The van der Waals surface area contributed by atoms with Crippen molar-refractivity contribution in [3.8, 4) is 0 Å². The van der Waals surface area contributed by atoms with Gasteiger partial charge < -0.3 is 9.88 Å². The number of hydrogen-bond acceptors (Lipinski definition) is 3. The molecule has 2 aromatic rings. The number of hydrogen-bond donors (Lipinski definition) is 1. The second-order valence-corrected chi connectivity index (χ2v) is 9.80. The van der Waals surface area contributed by atoms with Crippen LogP contribution in [0, 0.1) is 5.92 Å². The average molecular weight is 441 g/mol. The lowest BCUT2D eigenvalue weighted by atomic mass is 9.83. The highest BCUT2D eigenvalue weighted by Gasteiger charge is 2.44. The molecule has 0 radical (unpaired) electrons.